The van der Waals surface area contributed by atoms with Crippen LogP contribution >= 0.6 is 11.8 Å². The number of carboxylic acids is 1. The van der Waals surface area contributed by atoms with Gasteiger partial charge in [0.15, 0.2) is 0 Å². The van der Waals surface area contributed by atoms with Crippen LogP contribution in [-0.2, 0) is 4.79 Å². The van der Waals surface area contributed by atoms with E-state index < -0.39 is 18.0 Å². The molecule has 3 nitrogen and oxygen atoms in total. The largest absolute Gasteiger partial charge is 0.481 e. The van der Waals surface area contributed by atoms with Crippen molar-refractivity contribution in [1.82, 2.24) is 0 Å². The Hall–Kier alpha value is -1.00. The summed E-state index contributed by atoms with van der Waals surface area (Å²) in [5.41, 5.74) is 0. The van der Waals surface area contributed by atoms with Crippen LogP contribution in [0.3, 0.4) is 0 Å². The van der Waals surface area contributed by atoms with Crippen molar-refractivity contribution in [1.29, 1.82) is 0 Å². The molecule has 0 aliphatic heterocycles. The van der Waals surface area contributed by atoms with Crippen LogP contribution in [0.1, 0.15) is 6.92 Å². The third kappa shape index (κ3) is 3.93. The summed E-state index contributed by atoms with van der Waals surface area (Å²) < 4.78 is 0. The number of thioether (sulfide) groups is 1. The van der Waals surface area contributed by atoms with E-state index in [2.05, 4.69) is 0 Å². The van der Waals surface area contributed by atoms with Crippen LogP contribution in [0.4, 0.5) is 0 Å². The van der Waals surface area contributed by atoms with E-state index in [0.717, 1.165) is 4.90 Å². The van der Waals surface area contributed by atoms with E-state index >= 15 is 0 Å². The summed E-state index contributed by atoms with van der Waals surface area (Å²) in [6.07, 6.45) is -0.812. The van der Waals surface area contributed by atoms with Crippen LogP contribution in [0.25, 0.3) is 0 Å². The molecule has 2 atom stereocenters. The second kappa shape index (κ2) is 5.78. The molecule has 0 saturated carbocycles. The summed E-state index contributed by atoms with van der Waals surface area (Å²) in [6, 6.07) is 9.61. The van der Waals surface area contributed by atoms with Crippen LogP contribution in [0, 0.1) is 5.92 Å². The van der Waals surface area contributed by atoms with E-state index in [-0.39, 0.29) is 0 Å². The Balaban J connectivity index is 2.41. The molecule has 1 aromatic carbocycles. The molecule has 0 aliphatic carbocycles. The Morgan fingerprint density at radius 2 is 2.00 bits per heavy atom. The first-order valence-electron chi connectivity index (χ1n) is 4.70. The van der Waals surface area contributed by atoms with Gasteiger partial charge in [0.25, 0.3) is 0 Å². The van der Waals surface area contributed by atoms with Gasteiger partial charge in [-0.05, 0) is 19.1 Å². The Labute approximate surface area is 93.1 Å². The summed E-state index contributed by atoms with van der Waals surface area (Å²) in [4.78, 5) is 11.6. The number of hydrogen-bond acceptors (Lipinski definition) is 3. The Morgan fingerprint density at radius 1 is 1.40 bits per heavy atom. The standard InChI is InChI=1S/C11H14O3S/c1-8(11(13)14)10(12)7-15-9-5-3-2-4-6-9/h2-6,8,10,12H,7H2,1H3,(H,13,14). The van der Waals surface area contributed by atoms with Crippen molar-refractivity contribution >= 4 is 17.7 Å². The Bertz CT molecular complexity index is 313. The predicted octanol–water partition coefficient (Wildman–Crippen LogP) is 1.86. The number of benzene rings is 1. The minimum atomic E-state index is -0.962. The first-order chi connectivity index (χ1) is 7.11. The zero-order chi connectivity index (χ0) is 11.3. The van der Waals surface area contributed by atoms with Crippen LogP contribution in [0.2, 0.25) is 0 Å². The van der Waals surface area contributed by atoms with Crippen molar-refractivity contribution < 1.29 is 15.0 Å². The maximum Gasteiger partial charge on any atom is 0.308 e. The van der Waals surface area contributed by atoms with E-state index in [1.54, 1.807) is 0 Å². The number of aliphatic hydroxyl groups excluding tert-OH is 1. The van der Waals surface area contributed by atoms with Gasteiger partial charge in [-0.15, -0.1) is 11.8 Å². The highest BCUT2D eigenvalue weighted by molar-refractivity contribution is 7.99. The highest BCUT2D eigenvalue weighted by Crippen LogP contribution is 2.20. The first kappa shape index (κ1) is 12.1. The molecule has 15 heavy (non-hydrogen) atoms. The summed E-state index contributed by atoms with van der Waals surface area (Å²) in [5.74, 6) is -1.28. The topological polar surface area (TPSA) is 57.5 Å². The van der Waals surface area contributed by atoms with E-state index in [4.69, 9.17) is 5.11 Å². The fourth-order valence-electron chi connectivity index (χ4n) is 1.01. The Morgan fingerprint density at radius 3 is 2.53 bits per heavy atom. The van der Waals surface area contributed by atoms with Crippen molar-refractivity contribution in [2.24, 2.45) is 5.92 Å². The van der Waals surface area contributed by atoms with Crippen molar-refractivity contribution in [3.63, 3.8) is 0 Å². The molecule has 0 fully saturated rings. The zero-order valence-electron chi connectivity index (χ0n) is 8.46. The summed E-state index contributed by atoms with van der Waals surface area (Å²) in [5, 5.41) is 18.2. The quantitative estimate of drug-likeness (QED) is 0.752. The van der Waals surface area contributed by atoms with Gasteiger partial charge in [0, 0.05) is 10.6 Å². The molecule has 0 radical (unpaired) electrons. The normalized spacial score (nSPS) is 14.5. The molecule has 0 heterocycles. The molecule has 1 rings (SSSR count). The number of aliphatic carboxylic acids is 1. The molecule has 0 aromatic heterocycles. The second-order valence-electron chi connectivity index (χ2n) is 3.32. The molecule has 0 spiro atoms. The van der Waals surface area contributed by atoms with Gasteiger partial charge in [-0.2, -0.15) is 0 Å². The molecule has 0 bridgehead atoms. The first-order valence-corrected chi connectivity index (χ1v) is 5.68. The van der Waals surface area contributed by atoms with Crippen LogP contribution < -0.4 is 0 Å². The fourth-order valence-corrected chi connectivity index (χ4v) is 2.01. The van der Waals surface area contributed by atoms with Gasteiger partial charge in [-0.1, -0.05) is 18.2 Å². The maximum atomic E-state index is 10.6. The van der Waals surface area contributed by atoms with Gasteiger partial charge in [0.1, 0.15) is 0 Å². The lowest BCUT2D eigenvalue weighted by Gasteiger charge is -2.13. The number of hydrogen-bond donors (Lipinski definition) is 2. The van der Waals surface area contributed by atoms with Gasteiger partial charge in [-0.3, -0.25) is 4.79 Å². The van der Waals surface area contributed by atoms with Crippen molar-refractivity contribution in [3.05, 3.63) is 30.3 Å². The van der Waals surface area contributed by atoms with E-state index in [1.807, 2.05) is 30.3 Å². The molecule has 2 N–H and O–H groups in total. The molecular formula is C11H14O3S. The third-order valence-electron chi connectivity index (χ3n) is 2.13. The minimum absolute atomic E-state index is 0.400. The summed E-state index contributed by atoms with van der Waals surface area (Å²) in [7, 11) is 0. The van der Waals surface area contributed by atoms with Gasteiger partial charge < -0.3 is 10.2 Å². The lowest BCUT2D eigenvalue weighted by molar-refractivity contribution is -0.144. The predicted molar refractivity (Wildman–Crippen MR) is 60.0 cm³/mol. The SMILES string of the molecule is CC(C(=O)O)C(O)CSc1ccccc1. The monoisotopic (exact) mass is 226 g/mol. The zero-order valence-corrected chi connectivity index (χ0v) is 9.28. The minimum Gasteiger partial charge on any atom is -0.481 e. The van der Waals surface area contributed by atoms with Crippen molar-refractivity contribution in [2.45, 2.75) is 17.9 Å². The van der Waals surface area contributed by atoms with Crippen LogP contribution in [0.5, 0.6) is 0 Å². The van der Waals surface area contributed by atoms with E-state index in [9.17, 15) is 9.90 Å². The maximum absolute atomic E-state index is 10.6. The van der Waals surface area contributed by atoms with Crippen molar-refractivity contribution in [2.75, 3.05) is 5.75 Å². The smallest absolute Gasteiger partial charge is 0.308 e. The molecule has 1 aromatic rings. The lowest BCUT2D eigenvalue weighted by atomic mass is 10.1. The third-order valence-corrected chi connectivity index (χ3v) is 3.24. The molecule has 0 aliphatic rings. The lowest BCUT2D eigenvalue weighted by Crippen LogP contribution is -2.27. The Kier molecular flexibility index (Phi) is 4.65. The van der Waals surface area contributed by atoms with E-state index in [0.29, 0.717) is 5.75 Å². The number of rotatable bonds is 5. The van der Waals surface area contributed by atoms with Gasteiger partial charge in [-0.25, -0.2) is 0 Å². The number of carbonyl (C=O) groups is 1. The number of carboxylic acid groups (broad SMARTS) is 1. The second-order valence-corrected chi connectivity index (χ2v) is 4.41. The van der Waals surface area contributed by atoms with Gasteiger partial charge in [0.2, 0.25) is 0 Å². The van der Waals surface area contributed by atoms with Gasteiger partial charge in [0.05, 0.1) is 12.0 Å². The van der Waals surface area contributed by atoms with Gasteiger partial charge >= 0.3 is 5.97 Å². The molecule has 82 valence electrons. The average Bonchev–Trinajstić information content (AvgIpc) is 2.26. The van der Waals surface area contributed by atoms with Crippen LogP contribution in [0.15, 0.2) is 35.2 Å². The summed E-state index contributed by atoms with van der Waals surface area (Å²) >= 11 is 1.46. The molecule has 0 amide bonds. The molecular weight excluding hydrogens is 212 g/mol. The van der Waals surface area contributed by atoms with Crippen molar-refractivity contribution in [3.8, 4) is 0 Å². The fraction of sp³-hybridized carbons (Fsp3) is 0.364. The highest BCUT2D eigenvalue weighted by atomic mass is 32.2. The van der Waals surface area contributed by atoms with Crippen LogP contribution in [-0.4, -0.2) is 28.0 Å². The highest BCUT2D eigenvalue weighted by Gasteiger charge is 2.20. The molecule has 0 saturated heterocycles. The average molecular weight is 226 g/mol. The van der Waals surface area contributed by atoms with E-state index in [1.165, 1.54) is 18.7 Å². The summed E-state index contributed by atoms with van der Waals surface area (Å²) in [6.45, 7) is 1.51. The number of aliphatic hydroxyl groups is 1. The molecule has 4 heteroatoms. The molecule has 2 unspecified atom stereocenters.